The lowest BCUT2D eigenvalue weighted by molar-refractivity contribution is -0.132. The van der Waals surface area contributed by atoms with E-state index < -0.39 is 0 Å². The van der Waals surface area contributed by atoms with Crippen molar-refractivity contribution in [3.05, 3.63) is 101 Å². The monoisotopic (exact) mass is 469 g/mol. The van der Waals surface area contributed by atoms with Crippen molar-refractivity contribution in [3.8, 4) is 22.4 Å². The number of carbonyl (C=O) groups excluding carboxylic acids is 1. The van der Waals surface area contributed by atoms with Crippen LogP contribution in [0.5, 0.6) is 0 Å². The minimum Gasteiger partial charge on any atom is -0.333 e. The molecule has 4 nitrogen and oxygen atoms in total. The number of imidazole rings is 1. The Kier molecular flexibility index (Phi) is 6.50. The number of amides is 1. The summed E-state index contributed by atoms with van der Waals surface area (Å²) >= 11 is 6.51. The predicted octanol–water partition coefficient (Wildman–Crippen LogP) is 7.00. The van der Waals surface area contributed by atoms with Gasteiger partial charge in [-0.2, -0.15) is 0 Å². The molecule has 4 aromatic rings. The van der Waals surface area contributed by atoms with Gasteiger partial charge in [0.15, 0.2) is 0 Å². The van der Waals surface area contributed by atoms with Gasteiger partial charge >= 0.3 is 0 Å². The van der Waals surface area contributed by atoms with Crippen molar-refractivity contribution >= 4 is 17.5 Å². The molecule has 5 heteroatoms. The largest absolute Gasteiger partial charge is 0.333 e. The fourth-order valence-electron chi connectivity index (χ4n) is 4.75. The minimum absolute atomic E-state index is 0.0518. The summed E-state index contributed by atoms with van der Waals surface area (Å²) in [6.07, 6.45) is 3.08. The lowest BCUT2D eigenvalue weighted by atomic mass is 10.0. The molecule has 172 valence electrons. The molecule has 0 saturated carbocycles. The van der Waals surface area contributed by atoms with E-state index in [9.17, 15) is 4.79 Å². The summed E-state index contributed by atoms with van der Waals surface area (Å²) in [4.78, 5) is 23.2. The molecule has 1 atom stereocenters. The molecule has 0 spiro atoms. The van der Waals surface area contributed by atoms with Crippen LogP contribution in [0.15, 0.2) is 78.9 Å². The number of aryl methyl sites for hydroxylation is 2. The Bertz CT molecular complexity index is 1280. The highest BCUT2D eigenvalue weighted by atomic mass is 35.5. The van der Waals surface area contributed by atoms with Crippen molar-refractivity contribution in [3.63, 3.8) is 0 Å². The maximum atomic E-state index is 13.1. The highest BCUT2D eigenvalue weighted by Crippen LogP contribution is 2.35. The zero-order valence-corrected chi connectivity index (χ0v) is 20.1. The van der Waals surface area contributed by atoms with Crippen molar-refractivity contribution in [2.24, 2.45) is 0 Å². The Morgan fingerprint density at radius 2 is 1.74 bits per heavy atom. The molecule has 2 heterocycles. The van der Waals surface area contributed by atoms with Crippen molar-refractivity contribution in [2.75, 3.05) is 6.54 Å². The summed E-state index contributed by atoms with van der Waals surface area (Å²) < 4.78 is 0. The van der Waals surface area contributed by atoms with Gasteiger partial charge in [-0.3, -0.25) is 4.79 Å². The molecular formula is C29H28ClN3O. The Morgan fingerprint density at radius 3 is 2.50 bits per heavy atom. The zero-order chi connectivity index (χ0) is 23.5. The van der Waals surface area contributed by atoms with Crippen molar-refractivity contribution in [1.29, 1.82) is 0 Å². The van der Waals surface area contributed by atoms with Gasteiger partial charge in [0.1, 0.15) is 16.7 Å². The van der Waals surface area contributed by atoms with Crippen molar-refractivity contribution < 1.29 is 4.79 Å². The molecule has 1 aliphatic rings. The highest BCUT2D eigenvalue weighted by molar-refractivity contribution is 6.31. The molecule has 1 fully saturated rings. The first-order valence-corrected chi connectivity index (χ1v) is 12.2. The fraction of sp³-hybridized carbons (Fsp3) is 0.241. The third kappa shape index (κ3) is 4.78. The molecule has 0 aliphatic carbocycles. The number of carbonyl (C=O) groups is 1. The van der Waals surface area contributed by atoms with Crippen LogP contribution in [0, 0.1) is 6.92 Å². The van der Waals surface area contributed by atoms with Gasteiger partial charge in [-0.1, -0.05) is 90.0 Å². The van der Waals surface area contributed by atoms with Crippen molar-refractivity contribution in [1.82, 2.24) is 14.9 Å². The fourth-order valence-corrected chi connectivity index (χ4v) is 5.00. The number of benzene rings is 3. The number of rotatable bonds is 6. The average Bonchev–Trinajstić information content (AvgIpc) is 3.50. The zero-order valence-electron chi connectivity index (χ0n) is 19.3. The normalized spacial score (nSPS) is 15.6. The van der Waals surface area contributed by atoms with Gasteiger partial charge in [0, 0.05) is 18.5 Å². The summed E-state index contributed by atoms with van der Waals surface area (Å²) in [5.41, 5.74) is 6.46. The number of halogens is 1. The second-order valence-electron chi connectivity index (χ2n) is 8.96. The number of hydrogen-bond acceptors (Lipinski definition) is 2. The smallest absolute Gasteiger partial charge is 0.223 e. The number of nitrogens with one attached hydrogen (secondary N) is 1. The van der Waals surface area contributed by atoms with Gasteiger partial charge in [-0.05, 0) is 48.9 Å². The van der Waals surface area contributed by atoms with Gasteiger partial charge in [0.2, 0.25) is 5.91 Å². The maximum Gasteiger partial charge on any atom is 0.223 e. The van der Waals surface area contributed by atoms with Crippen LogP contribution < -0.4 is 0 Å². The topological polar surface area (TPSA) is 49.0 Å². The van der Waals surface area contributed by atoms with Crippen LogP contribution in [0.25, 0.3) is 22.4 Å². The molecule has 5 rings (SSSR count). The van der Waals surface area contributed by atoms with Crippen LogP contribution in [0.3, 0.4) is 0 Å². The molecule has 1 amide bonds. The Hall–Kier alpha value is -3.37. The number of hydrogen-bond donors (Lipinski definition) is 1. The summed E-state index contributed by atoms with van der Waals surface area (Å²) in [6.45, 7) is 2.81. The van der Waals surface area contributed by atoms with Crippen LogP contribution in [-0.2, 0) is 11.2 Å². The summed E-state index contributed by atoms with van der Waals surface area (Å²) in [5.74, 6) is 0.943. The molecule has 1 aromatic heterocycles. The number of H-pyrrole nitrogens is 1. The highest BCUT2D eigenvalue weighted by Gasteiger charge is 2.32. The molecule has 1 saturated heterocycles. The first-order valence-electron chi connectivity index (χ1n) is 11.8. The van der Waals surface area contributed by atoms with Gasteiger partial charge in [0.25, 0.3) is 0 Å². The Balaban J connectivity index is 1.25. The minimum atomic E-state index is -0.0518. The summed E-state index contributed by atoms with van der Waals surface area (Å²) in [7, 11) is 0. The van der Waals surface area contributed by atoms with Crippen LogP contribution in [0.4, 0.5) is 0 Å². The maximum absolute atomic E-state index is 13.1. The Morgan fingerprint density at radius 1 is 1.00 bits per heavy atom. The van der Waals surface area contributed by atoms with E-state index in [-0.39, 0.29) is 11.9 Å². The number of aromatic nitrogens is 2. The van der Waals surface area contributed by atoms with E-state index in [4.69, 9.17) is 16.6 Å². The number of likely N-dealkylation sites (tertiary alicyclic amines) is 1. The van der Waals surface area contributed by atoms with Crippen LogP contribution >= 0.6 is 11.6 Å². The molecule has 3 aromatic carbocycles. The van der Waals surface area contributed by atoms with E-state index in [2.05, 4.69) is 60.4 Å². The Labute approximate surface area is 205 Å². The van der Waals surface area contributed by atoms with Gasteiger partial charge in [-0.25, -0.2) is 4.98 Å². The number of nitrogens with zero attached hydrogens (tertiary/aromatic N) is 2. The van der Waals surface area contributed by atoms with Crippen LogP contribution in [-0.4, -0.2) is 27.3 Å². The molecule has 0 radical (unpaired) electrons. The van der Waals surface area contributed by atoms with E-state index >= 15 is 0 Å². The van der Waals surface area contributed by atoms with E-state index in [1.54, 1.807) is 0 Å². The van der Waals surface area contributed by atoms with E-state index in [1.807, 2.05) is 35.2 Å². The summed E-state index contributed by atoms with van der Waals surface area (Å²) in [5, 5.41) is 0.526. The SMILES string of the molecule is Cc1cccc(-c2nc([C@@H]3CCCN3C(=O)CCc3ccc(-c4ccccc4)cc3)[nH]c2Cl)c1. The van der Waals surface area contributed by atoms with Gasteiger partial charge < -0.3 is 9.88 Å². The van der Waals surface area contributed by atoms with E-state index in [1.165, 1.54) is 16.7 Å². The van der Waals surface area contributed by atoms with Crippen molar-refractivity contribution in [2.45, 2.75) is 38.6 Å². The third-order valence-electron chi connectivity index (χ3n) is 6.55. The van der Waals surface area contributed by atoms with Crippen LogP contribution in [0.2, 0.25) is 5.15 Å². The third-order valence-corrected chi connectivity index (χ3v) is 6.82. The second kappa shape index (κ2) is 9.86. The molecule has 1 aliphatic heterocycles. The first-order chi connectivity index (χ1) is 16.6. The molecule has 0 unspecified atom stereocenters. The quantitative estimate of drug-likeness (QED) is 0.330. The van der Waals surface area contributed by atoms with E-state index in [0.717, 1.165) is 48.5 Å². The molecule has 1 N–H and O–H groups in total. The second-order valence-corrected chi connectivity index (χ2v) is 9.34. The summed E-state index contributed by atoms with van der Waals surface area (Å²) in [6, 6.07) is 26.9. The van der Waals surface area contributed by atoms with Crippen LogP contribution in [0.1, 0.15) is 42.3 Å². The first kappa shape index (κ1) is 22.4. The van der Waals surface area contributed by atoms with Gasteiger partial charge in [-0.15, -0.1) is 0 Å². The lowest BCUT2D eigenvalue weighted by Gasteiger charge is -2.23. The molecule has 34 heavy (non-hydrogen) atoms. The van der Waals surface area contributed by atoms with E-state index in [0.29, 0.717) is 11.6 Å². The number of aromatic amines is 1. The predicted molar refractivity (Wildman–Crippen MR) is 138 cm³/mol. The average molecular weight is 470 g/mol. The standard InChI is InChI=1S/C29H28ClN3O/c1-20-7-5-10-24(19-20)27-28(30)32-29(31-27)25-11-6-18-33(25)26(34)17-14-21-12-15-23(16-13-21)22-8-3-2-4-9-22/h2-5,7-10,12-13,15-16,19,25H,6,11,14,17-18H2,1H3,(H,31,32)/t25-/m0/s1. The van der Waals surface area contributed by atoms with Gasteiger partial charge in [0.05, 0.1) is 6.04 Å². The molecular weight excluding hydrogens is 442 g/mol. The molecule has 0 bridgehead atoms. The lowest BCUT2D eigenvalue weighted by Crippen LogP contribution is -2.31.